The van der Waals surface area contributed by atoms with E-state index in [1.54, 1.807) is 18.1 Å². The van der Waals surface area contributed by atoms with Gasteiger partial charge in [0, 0.05) is 6.54 Å². The van der Waals surface area contributed by atoms with E-state index in [1.807, 2.05) is 25.5 Å². The average molecular weight is 240 g/mol. The molecule has 0 aromatic carbocycles. The Labute approximate surface area is 99.2 Å². The maximum absolute atomic E-state index is 5.36. The number of thioether (sulfide) groups is 1. The molecule has 2 heterocycles. The topological polar surface area (TPSA) is 52.0 Å². The van der Waals surface area contributed by atoms with E-state index in [0.29, 0.717) is 0 Å². The minimum absolute atomic E-state index is 0.224. The van der Waals surface area contributed by atoms with Crippen LogP contribution in [0, 0.1) is 0 Å². The van der Waals surface area contributed by atoms with Crippen molar-refractivity contribution in [3.8, 4) is 0 Å². The van der Waals surface area contributed by atoms with E-state index in [1.165, 1.54) is 0 Å². The van der Waals surface area contributed by atoms with Gasteiger partial charge in [0.1, 0.15) is 11.9 Å². The molecule has 0 fully saturated rings. The summed E-state index contributed by atoms with van der Waals surface area (Å²) in [4.78, 5) is 9.58. The first-order valence-corrected chi connectivity index (χ1v) is 6.25. The van der Waals surface area contributed by atoms with Crippen molar-refractivity contribution in [2.75, 3.05) is 0 Å². The molecular formula is C10H16N4OS. The summed E-state index contributed by atoms with van der Waals surface area (Å²) in [5.41, 5.74) is 2.68. The third kappa shape index (κ3) is 2.76. The van der Waals surface area contributed by atoms with Crippen LogP contribution < -0.4 is 5.48 Å². The highest BCUT2D eigenvalue weighted by molar-refractivity contribution is 8.02. The Balaban J connectivity index is 1.88. The zero-order valence-electron chi connectivity index (χ0n) is 9.73. The van der Waals surface area contributed by atoms with Gasteiger partial charge in [0.05, 0.1) is 10.8 Å². The Bertz CT molecular complexity index is 399. The molecule has 0 amide bonds. The summed E-state index contributed by atoms with van der Waals surface area (Å²) in [5, 5.41) is 5.34. The Morgan fingerprint density at radius 3 is 2.94 bits per heavy atom. The zero-order chi connectivity index (χ0) is 11.6. The molecule has 88 valence electrons. The normalized spacial score (nSPS) is 18.3. The van der Waals surface area contributed by atoms with Gasteiger partial charge in [-0.15, -0.1) is 0 Å². The molecule has 0 unspecified atom stereocenters. The Morgan fingerprint density at radius 1 is 1.56 bits per heavy atom. The highest BCUT2D eigenvalue weighted by atomic mass is 32.2. The molecular weight excluding hydrogens is 224 g/mol. The molecule has 16 heavy (non-hydrogen) atoms. The SMILES string of the molecule is CCn1cnc(CSC2=CC(C)(C)ON2)n1. The first kappa shape index (κ1) is 11.5. The van der Waals surface area contributed by atoms with Crippen LogP contribution in [0.15, 0.2) is 17.4 Å². The van der Waals surface area contributed by atoms with E-state index in [2.05, 4.69) is 21.6 Å². The van der Waals surface area contributed by atoms with Crippen molar-refractivity contribution in [1.29, 1.82) is 0 Å². The summed E-state index contributed by atoms with van der Waals surface area (Å²) in [5.74, 6) is 1.60. The van der Waals surface area contributed by atoms with E-state index >= 15 is 0 Å². The number of aromatic nitrogens is 3. The predicted molar refractivity (Wildman–Crippen MR) is 63.4 cm³/mol. The van der Waals surface area contributed by atoms with Crippen molar-refractivity contribution in [2.45, 2.75) is 38.7 Å². The van der Waals surface area contributed by atoms with E-state index < -0.39 is 0 Å². The average Bonchev–Trinajstić information content (AvgIpc) is 2.81. The first-order chi connectivity index (χ1) is 7.59. The van der Waals surface area contributed by atoms with Crippen LogP contribution in [-0.2, 0) is 17.1 Å². The molecule has 0 bridgehead atoms. The highest BCUT2D eigenvalue weighted by Gasteiger charge is 2.24. The predicted octanol–water partition coefficient (Wildman–Crippen LogP) is 1.69. The second-order valence-electron chi connectivity index (χ2n) is 4.12. The van der Waals surface area contributed by atoms with Gasteiger partial charge in [-0.25, -0.2) is 4.98 Å². The first-order valence-electron chi connectivity index (χ1n) is 5.27. The molecule has 0 saturated heterocycles. The number of hydrogen-bond donors (Lipinski definition) is 1. The number of nitrogens with one attached hydrogen (secondary N) is 1. The lowest BCUT2D eigenvalue weighted by molar-refractivity contribution is -0.0126. The summed E-state index contributed by atoms with van der Waals surface area (Å²) < 4.78 is 1.83. The van der Waals surface area contributed by atoms with Crippen LogP contribution in [0.3, 0.4) is 0 Å². The van der Waals surface area contributed by atoms with E-state index in [-0.39, 0.29) is 5.60 Å². The van der Waals surface area contributed by atoms with Crippen LogP contribution in [0.4, 0.5) is 0 Å². The van der Waals surface area contributed by atoms with Crippen molar-refractivity contribution in [3.05, 3.63) is 23.3 Å². The van der Waals surface area contributed by atoms with Gasteiger partial charge in [-0.1, -0.05) is 11.8 Å². The lowest BCUT2D eigenvalue weighted by Crippen LogP contribution is -2.20. The van der Waals surface area contributed by atoms with Crippen molar-refractivity contribution < 1.29 is 4.84 Å². The maximum Gasteiger partial charge on any atom is 0.160 e. The molecule has 0 spiro atoms. The van der Waals surface area contributed by atoms with Crippen LogP contribution >= 0.6 is 11.8 Å². The van der Waals surface area contributed by atoms with Gasteiger partial charge in [0.15, 0.2) is 5.82 Å². The number of rotatable bonds is 4. The van der Waals surface area contributed by atoms with E-state index in [9.17, 15) is 0 Å². The minimum Gasteiger partial charge on any atom is -0.265 e. The molecule has 5 nitrogen and oxygen atoms in total. The summed E-state index contributed by atoms with van der Waals surface area (Å²) in [6, 6.07) is 0. The Hall–Kier alpha value is -1.01. The van der Waals surface area contributed by atoms with Crippen LogP contribution in [-0.4, -0.2) is 20.4 Å². The smallest absolute Gasteiger partial charge is 0.160 e. The number of aryl methyl sites for hydroxylation is 1. The van der Waals surface area contributed by atoms with E-state index in [0.717, 1.165) is 23.2 Å². The van der Waals surface area contributed by atoms with Gasteiger partial charge >= 0.3 is 0 Å². The number of nitrogens with zero attached hydrogens (tertiary/aromatic N) is 3. The van der Waals surface area contributed by atoms with Crippen molar-refractivity contribution in [3.63, 3.8) is 0 Å². The molecule has 1 aliphatic heterocycles. The van der Waals surface area contributed by atoms with Gasteiger partial charge in [-0.2, -0.15) is 5.10 Å². The molecule has 0 aliphatic carbocycles. The molecule has 1 aromatic rings. The standard InChI is InChI=1S/C10H16N4OS/c1-4-14-7-11-8(12-14)6-16-9-5-10(2,3)15-13-9/h5,7,13H,4,6H2,1-3H3. The lowest BCUT2D eigenvalue weighted by Gasteiger charge is -2.11. The summed E-state index contributed by atoms with van der Waals surface area (Å²) >= 11 is 1.65. The minimum atomic E-state index is -0.224. The fourth-order valence-corrected chi connectivity index (χ4v) is 2.21. The van der Waals surface area contributed by atoms with Gasteiger partial charge in [0.2, 0.25) is 0 Å². The molecule has 1 aliphatic rings. The van der Waals surface area contributed by atoms with Crippen molar-refractivity contribution in [2.24, 2.45) is 0 Å². The second-order valence-corrected chi connectivity index (χ2v) is 5.14. The molecule has 2 rings (SSSR count). The monoisotopic (exact) mass is 240 g/mol. The molecule has 1 N–H and O–H groups in total. The van der Waals surface area contributed by atoms with Crippen LogP contribution in [0.25, 0.3) is 0 Å². The van der Waals surface area contributed by atoms with Crippen LogP contribution in [0.2, 0.25) is 0 Å². The fraction of sp³-hybridized carbons (Fsp3) is 0.600. The second kappa shape index (κ2) is 4.47. The van der Waals surface area contributed by atoms with Gasteiger partial charge in [0.25, 0.3) is 0 Å². The third-order valence-electron chi connectivity index (χ3n) is 2.16. The molecule has 6 heteroatoms. The summed E-state index contributed by atoms with van der Waals surface area (Å²) in [6.07, 6.45) is 3.82. The zero-order valence-corrected chi connectivity index (χ0v) is 10.5. The quantitative estimate of drug-likeness (QED) is 0.868. The maximum atomic E-state index is 5.36. The van der Waals surface area contributed by atoms with Gasteiger partial charge in [-0.3, -0.25) is 15.0 Å². The molecule has 0 atom stereocenters. The van der Waals surface area contributed by atoms with Gasteiger partial charge in [-0.05, 0) is 26.8 Å². The Morgan fingerprint density at radius 2 is 2.38 bits per heavy atom. The van der Waals surface area contributed by atoms with Crippen LogP contribution in [0.5, 0.6) is 0 Å². The summed E-state index contributed by atoms with van der Waals surface area (Å²) in [6.45, 7) is 6.92. The third-order valence-corrected chi connectivity index (χ3v) is 3.07. The molecule has 0 radical (unpaired) electrons. The fourth-order valence-electron chi connectivity index (χ4n) is 1.32. The largest absolute Gasteiger partial charge is 0.265 e. The Kier molecular flexibility index (Phi) is 3.20. The lowest BCUT2D eigenvalue weighted by atomic mass is 10.1. The number of hydrogen-bond acceptors (Lipinski definition) is 5. The van der Waals surface area contributed by atoms with Gasteiger partial charge < -0.3 is 0 Å². The molecule has 0 saturated carbocycles. The number of hydroxylamine groups is 1. The molecule has 1 aromatic heterocycles. The van der Waals surface area contributed by atoms with Crippen molar-refractivity contribution >= 4 is 11.8 Å². The summed E-state index contributed by atoms with van der Waals surface area (Å²) in [7, 11) is 0. The van der Waals surface area contributed by atoms with E-state index in [4.69, 9.17) is 4.84 Å². The van der Waals surface area contributed by atoms with Crippen LogP contribution in [0.1, 0.15) is 26.6 Å². The highest BCUT2D eigenvalue weighted by Crippen LogP contribution is 2.27. The van der Waals surface area contributed by atoms with Crippen molar-refractivity contribution in [1.82, 2.24) is 20.2 Å².